The molecule has 4 nitrogen and oxygen atoms in total. The van der Waals surface area contributed by atoms with Crippen molar-refractivity contribution in [1.29, 1.82) is 0 Å². The Morgan fingerprint density at radius 1 is 1.35 bits per heavy atom. The zero-order valence-electron chi connectivity index (χ0n) is 10.9. The molecule has 96 valence electrons. The predicted octanol–water partition coefficient (Wildman–Crippen LogP) is 1.99. The molecule has 17 heavy (non-hydrogen) atoms. The Morgan fingerprint density at radius 3 is 2.88 bits per heavy atom. The maximum absolute atomic E-state index is 5.49. The molecule has 0 aliphatic carbocycles. The molecule has 1 N–H and O–H groups in total. The first-order chi connectivity index (χ1) is 8.22. The lowest BCUT2D eigenvalue weighted by atomic mass is 10.2. The van der Waals surface area contributed by atoms with Crippen LogP contribution in [0.15, 0.2) is 18.3 Å². The van der Waals surface area contributed by atoms with Crippen LogP contribution in [-0.4, -0.2) is 30.8 Å². The number of ether oxygens (including phenoxy) is 2. The molecule has 0 radical (unpaired) electrons. The summed E-state index contributed by atoms with van der Waals surface area (Å²) in [6.07, 6.45) is 1.77. The SMILES string of the molecule is CCOCCOc1cc(CNC(C)C)ccn1. The van der Waals surface area contributed by atoms with Crippen LogP contribution in [0, 0.1) is 0 Å². The summed E-state index contributed by atoms with van der Waals surface area (Å²) in [5.74, 6) is 0.660. The third-order valence-corrected chi connectivity index (χ3v) is 2.20. The Bertz CT molecular complexity index is 316. The van der Waals surface area contributed by atoms with Gasteiger partial charge in [-0.2, -0.15) is 0 Å². The van der Waals surface area contributed by atoms with Crippen molar-refractivity contribution in [2.75, 3.05) is 19.8 Å². The van der Waals surface area contributed by atoms with Crippen molar-refractivity contribution in [2.24, 2.45) is 0 Å². The van der Waals surface area contributed by atoms with Gasteiger partial charge in [-0.1, -0.05) is 13.8 Å². The Morgan fingerprint density at radius 2 is 2.18 bits per heavy atom. The van der Waals surface area contributed by atoms with Crippen LogP contribution in [0.1, 0.15) is 26.3 Å². The molecule has 0 atom stereocenters. The molecule has 0 spiro atoms. The number of pyridine rings is 1. The smallest absolute Gasteiger partial charge is 0.213 e. The minimum absolute atomic E-state index is 0.477. The summed E-state index contributed by atoms with van der Waals surface area (Å²) in [7, 11) is 0. The van der Waals surface area contributed by atoms with Crippen LogP contribution in [0.5, 0.6) is 5.88 Å². The molecular weight excluding hydrogens is 216 g/mol. The van der Waals surface area contributed by atoms with Gasteiger partial charge in [0.15, 0.2) is 0 Å². The van der Waals surface area contributed by atoms with Gasteiger partial charge in [0.25, 0.3) is 0 Å². The van der Waals surface area contributed by atoms with E-state index in [1.165, 1.54) is 5.56 Å². The fourth-order valence-electron chi connectivity index (χ4n) is 1.31. The summed E-state index contributed by atoms with van der Waals surface area (Å²) < 4.78 is 10.7. The van der Waals surface area contributed by atoms with Crippen molar-refractivity contribution in [3.63, 3.8) is 0 Å². The number of aromatic nitrogens is 1. The normalized spacial score (nSPS) is 10.8. The summed E-state index contributed by atoms with van der Waals surface area (Å²) in [6, 6.07) is 4.43. The van der Waals surface area contributed by atoms with Gasteiger partial charge in [0, 0.05) is 31.5 Å². The predicted molar refractivity (Wildman–Crippen MR) is 68.2 cm³/mol. The zero-order valence-corrected chi connectivity index (χ0v) is 10.9. The Labute approximate surface area is 103 Å². The van der Waals surface area contributed by atoms with Gasteiger partial charge in [-0.3, -0.25) is 0 Å². The highest BCUT2D eigenvalue weighted by molar-refractivity contribution is 5.20. The van der Waals surface area contributed by atoms with E-state index in [2.05, 4.69) is 24.1 Å². The van der Waals surface area contributed by atoms with E-state index in [-0.39, 0.29) is 0 Å². The highest BCUT2D eigenvalue weighted by Crippen LogP contribution is 2.09. The molecule has 0 saturated heterocycles. The lowest BCUT2D eigenvalue weighted by Crippen LogP contribution is -2.21. The number of nitrogens with one attached hydrogen (secondary N) is 1. The first kappa shape index (κ1) is 13.9. The molecule has 1 heterocycles. The average Bonchev–Trinajstić information content (AvgIpc) is 2.33. The summed E-state index contributed by atoms with van der Waals surface area (Å²) in [5, 5.41) is 3.36. The first-order valence-electron chi connectivity index (χ1n) is 6.11. The van der Waals surface area contributed by atoms with Crippen molar-refractivity contribution in [3.8, 4) is 5.88 Å². The van der Waals surface area contributed by atoms with Crippen molar-refractivity contribution in [1.82, 2.24) is 10.3 Å². The molecule has 0 aliphatic heterocycles. The van der Waals surface area contributed by atoms with E-state index in [0.29, 0.717) is 25.1 Å². The van der Waals surface area contributed by atoms with Gasteiger partial charge >= 0.3 is 0 Å². The van der Waals surface area contributed by atoms with E-state index < -0.39 is 0 Å². The van der Waals surface area contributed by atoms with E-state index in [1.54, 1.807) is 6.20 Å². The van der Waals surface area contributed by atoms with Crippen LogP contribution in [-0.2, 0) is 11.3 Å². The van der Waals surface area contributed by atoms with Gasteiger partial charge in [0.05, 0.1) is 6.61 Å². The lowest BCUT2D eigenvalue weighted by Gasteiger charge is -2.09. The number of rotatable bonds is 8. The zero-order chi connectivity index (χ0) is 12.5. The molecule has 0 fully saturated rings. The minimum atomic E-state index is 0.477. The van der Waals surface area contributed by atoms with Crippen LogP contribution in [0.3, 0.4) is 0 Å². The van der Waals surface area contributed by atoms with Crippen LogP contribution < -0.4 is 10.1 Å². The van der Waals surface area contributed by atoms with Crippen LogP contribution in [0.2, 0.25) is 0 Å². The van der Waals surface area contributed by atoms with Gasteiger partial charge < -0.3 is 14.8 Å². The van der Waals surface area contributed by atoms with E-state index in [4.69, 9.17) is 9.47 Å². The first-order valence-corrected chi connectivity index (χ1v) is 6.11. The molecule has 0 saturated carbocycles. The molecule has 0 aromatic carbocycles. The van der Waals surface area contributed by atoms with Gasteiger partial charge in [-0.05, 0) is 18.6 Å². The minimum Gasteiger partial charge on any atom is -0.475 e. The quantitative estimate of drug-likeness (QED) is 0.703. The lowest BCUT2D eigenvalue weighted by molar-refractivity contribution is 0.108. The van der Waals surface area contributed by atoms with Crippen LogP contribution in [0.4, 0.5) is 0 Å². The van der Waals surface area contributed by atoms with E-state index in [9.17, 15) is 0 Å². The number of hydrogen-bond acceptors (Lipinski definition) is 4. The maximum atomic E-state index is 5.49. The van der Waals surface area contributed by atoms with Crippen LogP contribution >= 0.6 is 0 Å². The van der Waals surface area contributed by atoms with Gasteiger partial charge in [0.1, 0.15) is 6.61 Å². The summed E-state index contributed by atoms with van der Waals surface area (Å²) >= 11 is 0. The van der Waals surface area contributed by atoms with E-state index in [1.807, 2.05) is 19.1 Å². The highest BCUT2D eigenvalue weighted by atomic mass is 16.5. The third-order valence-electron chi connectivity index (χ3n) is 2.20. The molecule has 0 bridgehead atoms. The molecule has 1 aromatic rings. The monoisotopic (exact) mass is 238 g/mol. The molecule has 4 heteroatoms. The van der Waals surface area contributed by atoms with Crippen LogP contribution in [0.25, 0.3) is 0 Å². The molecule has 0 aliphatic rings. The van der Waals surface area contributed by atoms with Gasteiger partial charge in [-0.15, -0.1) is 0 Å². The van der Waals surface area contributed by atoms with Gasteiger partial charge in [0.2, 0.25) is 5.88 Å². The highest BCUT2D eigenvalue weighted by Gasteiger charge is 1.99. The van der Waals surface area contributed by atoms with Crippen molar-refractivity contribution in [3.05, 3.63) is 23.9 Å². The summed E-state index contributed by atoms with van der Waals surface area (Å²) in [4.78, 5) is 4.16. The largest absolute Gasteiger partial charge is 0.475 e. The maximum Gasteiger partial charge on any atom is 0.213 e. The second-order valence-corrected chi connectivity index (χ2v) is 4.08. The fraction of sp³-hybridized carbons (Fsp3) is 0.615. The summed E-state index contributed by atoms with van der Waals surface area (Å²) in [5.41, 5.74) is 1.18. The molecule has 0 amide bonds. The molecule has 1 aromatic heterocycles. The number of hydrogen-bond donors (Lipinski definition) is 1. The molecule has 0 unspecified atom stereocenters. The summed E-state index contributed by atoms with van der Waals surface area (Å²) in [6.45, 7) is 8.92. The Kier molecular flexibility index (Phi) is 6.58. The number of nitrogens with zero attached hydrogens (tertiary/aromatic N) is 1. The second kappa shape index (κ2) is 8.03. The fourth-order valence-corrected chi connectivity index (χ4v) is 1.31. The van der Waals surface area contributed by atoms with E-state index >= 15 is 0 Å². The van der Waals surface area contributed by atoms with Crippen molar-refractivity contribution in [2.45, 2.75) is 33.4 Å². The Balaban J connectivity index is 2.37. The van der Waals surface area contributed by atoms with Crippen molar-refractivity contribution >= 4 is 0 Å². The van der Waals surface area contributed by atoms with Gasteiger partial charge in [-0.25, -0.2) is 4.98 Å². The topological polar surface area (TPSA) is 43.4 Å². The second-order valence-electron chi connectivity index (χ2n) is 4.08. The third kappa shape index (κ3) is 6.24. The average molecular weight is 238 g/mol. The standard InChI is InChI=1S/C13H22N2O2/c1-4-16-7-8-17-13-9-12(5-6-14-13)10-15-11(2)3/h5-6,9,11,15H,4,7-8,10H2,1-3H3. The Hall–Kier alpha value is -1.13. The van der Waals surface area contributed by atoms with Crippen molar-refractivity contribution < 1.29 is 9.47 Å². The molecule has 1 rings (SSSR count). The van der Waals surface area contributed by atoms with E-state index in [0.717, 1.165) is 13.2 Å². The molecular formula is C13H22N2O2.